The molecule has 86 valence electrons. The molecule has 6 nitrogen and oxygen atoms in total. The smallest absolute Gasteiger partial charge is 0.172 e. The fourth-order valence-electron chi connectivity index (χ4n) is 0.943. The standard InChI is InChI=1S/C9H15N6P/c1-16-5-8(11)14-15-9(12)7-3-2-6(10)4-13-7/h2-4,16H,5,10H2,1H3,(H2,11,14)(H2,12,15). The van der Waals surface area contributed by atoms with E-state index >= 15 is 0 Å². The van der Waals surface area contributed by atoms with Gasteiger partial charge in [-0.3, -0.25) is 4.98 Å². The molecule has 0 radical (unpaired) electrons. The first kappa shape index (κ1) is 12.4. The predicted octanol–water partition coefficient (Wildman–Crippen LogP) is -0.0504. The molecule has 0 aliphatic rings. The van der Waals surface area contributed by atoms with E-state index in [1.54, 1.807) is 12.1 Å². The van der Waals surface area contributed by atoms with Crippen LogP contribution in [0.1, 0.15) is 5.69 Å². The second-order valence-electron chi connectivity index (χ2n) is 3.08. The van der Waals surface area contributed by atoms with Gasteiger partial charge in [0.25, 0.3) is 0 Å². The van der Waals surface area contributed by atoms with Gasteiger partial charge in [0.15, 0.2) is 5.84 Å². The molecule has 1 atom stereocenters. The predicted molar refractivity (Wildman–Crippen MR) is 70.1 cm³/mol. The molecule has 1 rings (SSSR count). The molecule has 0 bridgehead atoms. The van der Waals surface area contributed by atoms with Crippen LogP contribution in [0.3, 0.4) is 0 Å². The monoisotopic (exact) mass is 238 g/mol. The van der Waals surface area contributed by atoms with Crippen LogP contribution >= 0.6 is 8.58 Å². The lowest BCUT2D eigenvalue weighted by Gasteiger charge is -1.98. The third-order valence-corrected chi connectivity index (χ3v) is 2.41. The molecule has 1 aromatic heterocycles. The Bertz CT molecular complexity index is 397. The van der Waals surface area contributed by atoms with Crippen molar-refractivity contribution in [3.05, 3.63) is 24.0 Å². The van der Waals surface area contributed by atoms with E-state index in [2.05, 4.69) is 15.2 Å². The summed E-state index contributed by atoms with van der Waals surface area (Å²) >= 11 is 0. The highest BCUT2D eigenvalue weighted by Gasteiger charge is 1.99. The van der Waals surface area contributed by atoms with E-state index in [1.807, 2.05) is 6.66 Å². The number of pyridine rings is 1. The lowest BCUT2D eigenvalue weighted by atomic mass is 10.3. The first-order valence-corrected chi connectivity index (χ1v) is 6.36. The van der Waals surface area contributed by atoms with Crippen molar-refractivity contribution in [1.29, 1.82) is 0 Å². The maximum absolute atomic E-state index is 5.68. The lowest BCUT2D eigenvalue weighted by Crippen LogP contribution is -2.17. The topological polar surface area (TPSA) is 116 Å². The maximum atomic E-state index is 5.68. The Morgan fingerprint density at radius 3 is 2.69 bits per heavy atom. The number of hydrogen-bond acceptors (Lipinski definition) is 4. The van der Waals surface area contributed by atoms with Crippen LogP contribution in [0, 0.1) is 0 Å². The Balaban J connectivity index is 2.77. The molecule has 0 saturated heterocycles. The highest BCUT2D eigenvalue weighted by molar-refractivity contribution is 7.38. The first-order chi connectivity index (χ1) is 7.63. The second kappa shape index (κ2) is 6.02. The summed E-state index contributed by atoms with van der Waals surface area (Å²) in [7, 11) is 0.708. The fourth-order valence-corrected chi connectivity index (χ4v) is 1.38. The van der Waals surface area contributed by atoms with Gasteiger partial charge in [0.1, 0.15) is 11.5 Å². The van der Waals surface area contributed by atoms with Gasteiger partial charge < -0.3 is 17.2 Å². The van der Waals surface area contributed by atoms with Crippen LogP contribution in [0.2, 0.25) is 0 Å². The number of nitrogen functional groups attached to an aromatic ring is 1. The molecule has 0 spiro atoms. The average Bonchev–Trinajstić information content (AvgIpc) is 2.27. The zero-order chi connectivity index (χ0) is 12.0. The minimum Gasteiger partial charge on any atom is -0.397 e. The van der Waals surface area contributed by atoms with E-state index in [-0.39, 0.29) is 5.84 Å². The van der Waals surface area contributed by atoms with Gasteiger partial charge in [0.05, 0.1) is 11.9 Å². The van der Waals surface area contributed by atoms with Gasteiger partial charge in [-0.05, 0) is 18.8 Å². The number of hydrogen-bond donors (Lipinski definition) is 3. The summed E-state index contributed by atoms with van der Waals surface area (Å²) in [5, 5.41) is 7.61. The van der Waals surface area contributed by atoms with Gasteiger partial charge in [0, 0.05) is 6.16 Å². The molecule has 16 heavy (non-hydrogen) atoms. The second-order valence-corrected chi connectivity index (χ2v) is 4.14. The van der Waals surface area contributed by atoms with Crippen molar-refractivity contribution >= 4 is 25.9 Å². The van der Waals surface area contributed by atoms with E-state index in [0.717, 1.165) is 6.16 Å². The Hall–Kier alpha value is -1.68. The van der Waals surface area contributed by atoms with Crippen LogP contribution in [0.15, 0.2) is 28.5 Å². The normalized spacial score (nSPS) is 13.6. The summed E-state index contributed by atoms with van der Waals surface area (Å²) in [5.41, 5.74) is 17.9. The molecule has 1 aromatic rings. The molecule has 0 amide bonds. The molecule has 0 aromatic carbocycles. The first-order valence-electron chi connectivity index (χ1n) is 4.65. The minimum atomic E-state index is 0.224. The van der Waals surface area contributed by atoms with Gasteiger partial charge in [-0.25, -0.2) is 0 Å². The van der Waals surface area contributed by atoms with Crippen molar-refractivity contribution in [2.24, 2.45) is 21.7 Å². The number of aromatic nitrogens is 1. The van der Waals surface area contributed by atoms with E-state index in [0.29, 0.717) is 25.8 Å². The van der Waals surface area contributed by atoms with Crippen LogP contribution in [0.5, 0.6) is 0 Å². The van der Waals surface area contributed by atoms with E-state index in [9.17, 15) is 0 Å². The van der Waals surface area contributed by atoms with Crippen molar-refractivity contribution < 1.29 is 0 Å². The van der Waals surface area contributed by atoms with Crippen molar-refractivity contribution in [1.82, 2.24) is 4.98 Å². The van der Waals surface area contributed by atoms with Crippen LogP contribution in [-0.4, -0.2) is 29.5 Å². The molecular weight excluding hydrogens is 223 g/mol. The maximum Gasteiger partial charge on any atom is 0.172 e. The van der Waals surface area contributed by atoms with Crippen LogP contribution < -0.4 is 17.2 Å². The summed E-state index contributed by atoms with van der Waals surface area (Å²) in [6.07, 6.45) is 2.24. The van der Waals surface area contributed by atoms with Gasteiger partial charge in [-0.1, -0.05) is 0 Å². The van der Waals surface area contributed by atoms with Crippen molar-refractivity contribution in [3.63, 3.8) is 0 Å². The van der Waals surface area contributed by atoms with Crippen LogP contribution in [0.25, 0.3) is 0 Å². The summed E-state index contributed by atoms with van der Waals surface area (Å²) in [6.45, 7) is 2.04. The Kier molecular flexibility index (Phi) is 4.66. The number of nitrogens with zero attached hydrogens (tertiary/aromatic N) is 3. The molecule has 1 heterocycles. The highest BCUT2D eigenvalue weighted by atomic mass is 31.1. The van der Waals surface area contributed by atoms with Gasteiger partial charge in [0.2, 0.25) is 0 Å². The highest BCUT2D eigenvalue weighted by Crippen LogP contribution is 2.02. The van der Waals surface area contributed by atoms with Gasteiger partial charge in [-0.2, -0.15) is 0 Å². The summed E-state index contributed by atoms with van der Waals surface area (Å²) in [6, 6.07) is 3.38. The van der Waals surface area contributed by atoms with Crippen LogP contribution in [-0.2, 0) is 0 Å². The van der Waals surface area contributed by atoms with Crippen molar-refractivity contribution in [2.75, 3.05) is 18.6 Å². The Morgan fingerprint density at radius 1 is 1.38 bits per heavy atom. The summed E-state index contributed by atoms with van der Waals surface area (Å²) in [4.78, 5) is 4.01. The minimum absolute atomic E-state index is 0.224. The van der Waals surface area contributed by atoms with E-state index in [1.165, 1.54) is 6.20 Å². The molecule has 1 unspecified atom stereocenters. The number of amidine groups is 2. The summed E-state index contributed by atoms with van der Waals surface area (Å²) < 4.78 is 0. The van der Waals surface area contributed by atoms with E-state index < -0.39 is 0 Å². The third-order valence-electron chi connectivity index (χ3n) is 1.69. The Labute approximate surface area is 95.8 Å². The Morgan fingerprint density at radius 2 is 2.12 bits per heavy atom. The zero-order valence-electron chi connectivity index (χ0n) is 9.01. The van der Waals surface area contributed by atoms with Crippen molar-refractivity contribution in [2.45, 2.75) is 0 Å². The molecule has 0 aliphatic heterocycles. The van der Waals surface area contributed by atoms with Crippen LogP contribution in [0.4, 0.5) is 5.69 Å². The lowest BCUT2D eigenvalue weighted by molar-refractivity contribution is 1.18. The number of nitrogens with two attached hydrogens (primary N) is 3. The quantitative estimate of drug-likeness (QED) is 0.295. The molecular formula is C9H15N6P. The fraction of sp³-hybridized carbons (Fsp3) is 0.222. The van der Waals surface area contributed by atoms with Gasteiger partial charge in [-0.15, -0.1) is 18.8 Å². The number of anilines is 1. The molecule has 0 fully saturated rings. The average molecular weight is 238 g/mol. The molecule has 6 N–H and O–H groups in total. The number of rotatable bonds is 4. The SMILES string of the molecule is CPC/C(N)=N/N=C(\N)c1ccc(N)cn1. The molecule has 7 heteroatoms. The molecule has 0 aliphatic carbocycles. The largest absolute Gasteiger partial charge is 0.397 e. The van der Waals surface area contributed by atoms with Gasteiger partial charge >= 0.3 is 0 Å². The zero-order valence-corrected chi connectivity index (χ0v) is 10.0. The van der Waals surface area contributed by atoms with E-state index in [4.69, 9.17) is 17.2 Å². The molecule has 0 saturated carbocycles. The third kappa shape index (κ3) is 3.82. The van der Waals surface area contributed by atoms with Crippen molar-refractivity contribution in [3.8, 4) is 0 Å². The summed E-state index contributed by atoms with van der Waals surface area (Å²) in [5.74, 6) is 0.696.